The molecule has 1 unspecified atom stereocenters. The van der Waals surface area contributed by atoms with Crippen LogP contribution in [0.3, 0.4) is 0 Å². The largest absolute Gasteiger partial charge is 0.349 e. The lowest BCUT2D eigenvalue weighted by atomic mass is 9.88. The Bertz CT molecular complexity index is 621. The Kier molecular flexibility index (Phi) is 4.55. The fraction of sp³-hybridized carbons (Fsp3) is 0.462. The summed E-state index contributed by atoms with van der Waals surface area (Å²) in [6, 6.07) is 2.64. The van der Waals surface area contributed by atoms with E-state index in [2.05, 4.69) is 5.32 Å². The summed E-state index contributed by atoms with van der Waals surface area (Å²) < 4.78 is 35.8. The zero-order chi connectivity index (χ0) is 15.7. The first kappa shape index (κ1) is 16.6. The minimum atomic E-state index is -4.06. The number of benzene rings is 1. The maximum atomic E-state index is 13.4. The zero-order valence-corrected chi connectivity index (χ0v) is 12.7. The highest BCUT2D eigenvalue weighted by Crippen LogP contribution is 2.19. The SMILES string of the molecule is CC(NC(=O)c1cc(F)cc(S(N)(=O)=O)c1)C(C)(C)C. The minimum absolute atomic E-state index is 0.0786. The monoisotopic (exact) mass is 302 g/mol. The Hall–Kier alpha value is -1.47. The number of nitrogens with two attached hydrogens (primary N) is 1. The van der Waals surface area contributed by atoms with Crippen LogP contribution in [0.2, 0.25) is 0 Å². The molecule has 20 heavy (non-hydrogen) atoms. The Balaban J connectivity index is 3.09. The van der Waals surface area contributed by atoms with Gasteiger partial charge < -0.3 is 5.32 Å². The summed E-state index contributed by atoms with van der Waals surface area (Å²) in [6.07, 6.45) is 0. The van der Waals surface area contributed by atoms with Crippen LogP contribution in [0.5, 0.6) is 0 Å². The number of nitrogens with one attached hydrogen (secondary N) is 1. The van der Waals surface area contributed by atoms with Gasteiger partial charge in [0.25, 0.3) is 5.91 Å². The fourth-order valence-corrected chi connectivity index (χ4v) is 1.92. The van der Waals surface area contributed by atoms with Crippen molar-refractivity contribution in [1.29, 1.82) is 0 Å². The average Bonchev–Trinajstić information content (AvgIpc) is 2.25. The summed E-state index contributed by atoms with van der Waals surface area (Å²) in [7, 11) is -4.06. The second-order valence-corrected chi connectivity index (χ2v) is 7.34. The topological polar surface area (TPSA) is 89.3 Å². The van der Waals surface area contributed by atoms with Gasteiger partial charge in [-0.3, -0.25) is 4.79 Å². The van der Waals surface area contributed by atoms with Crippen molar-refractivity contribution in [3.8, 4) is 0 Å². The first-order valence-electron chi connectivity index (χ1n) is 6.05. The molecule has 0 aliphatic carbocycles. The molecule has 0 spiro atoms. The lowest BCUT2D eigenvalue weighted by molar-refractivity contribution is 0.0909. The summed E-state index contributed by atoms with van der Waals surface area (Å²) in [5.74, 6) is -1.37. The van der Waals surface area contributed by atoms with Gasteiger partial charge in [-0.25, -0.2) is 17.9 Å². The number of halogens is 1. The zero-order valence-electron chi connectivity index (χ0n) is 11.9. The molecule has 1 atom stereocenters. The highest BCUT2D eigenvalue weighted by atomic mass is 32.2. The molecule has 1 amide bonds. The number of primary sulfonamides is 1. The molecule has 1 aromatic rings. The van der Waals surface area contributed by atoms with Crippen LogP contribution >= 0.6 is 0 Å². The van der Waals surface area contributed by atoms with E-state index in [4.69, 9.17) is 5.14 Å². The number of amides is 1. The Morgan fingerprint density at radius 3 is 2.30 bits per heavy atom. The molecule has 5 nitrogen and oxygen atoms in total. The van der Waals surface area contributed by atoms with Crippen molar-refractivity contribution in [2.24, 2.45) is 10.6 Å². The van der Waals surface area contributed by atoms with Gasteiger partial charge in [0.05, 0.1) is 4.90 Å². The van der Waals surface area contributed by atoms with Crippen molar-refractivity contribution >= 4 is 15.9 Å². The summed E-state index contributed by atoms with van der Waals surface area (Å²) in [6.45, 7) is 7.65. The van der Waals surface area contributed by atoms with Crippen molar-refractivity contribution < 1.29 is 17.6 Å². The number of carbonyl (C=O) groups is 1. The molecule has 0 aliphatic heterocycles. The van der Waals surface area contributed by atoms with Crippen LogP contribution in [-0.4, -0.2) is 20.4 Å². The van der Waals surface area contributed by atoms with E-state index in [1.165, 1.54) is 0 Å². The smallest absolute Gasteiger partial charge is 0.251 e. The molecule has 7 heteroatoms. The summed E-state index contributed by atoms with van der Waals surface area (Å²) in [5.41, 5.74) is -0.253. The number of sulfonamides is 1. The van der Waals surface area contributed by atoms with Crippen LogP contribution in [0, 0.1) is 11.2 Å². The third-order valence-electron chi connectivity index (χ3n) is 3.11. The first-order chi connectivity index (χ1) is 8.91. The van der Waals surface area contributed by atoms with Crippen molar-refractivity contribution in [2.75, 3.05) is 0 Å². The van der Waals surface area contributed by atoms with Crippen molar-refractivity contribution in [3.05, 3.63) is 29.6 Å². The fourth-order valence-electron chi connectivity index (χ4n) is 1.35. The first-order valence-corrected chi connectivity index (χ1v) is 7.60. The molecule has 1 rings (SSSR count). The van der Waals surface area contributed by atoms with Crippen molar-refractivity contribution in [2.45, 2.75) is 38.6 Å². The highest BCUT2D eigenvalue weighted by molar-refractivity contribution is 7.89. The van der Waals surface area contributed by atoms with Crippen LogP contribution < -0.4 is 10.5 Å². The van der Waals surface area contributed by atoms with Gasteiger partial charge in [-0.2, -0.15) is 0 Å². The van der Waals surface area contributed by atoms with Gasteiger partial charge in [-0.05, 0) is 30.5 Å². The van der Waals surface area contributed by atoms with Gasteiger partial charge in [0.15, 0.2) is 0 Å². The van der Waals surface area contributed by atoms with Crippen molar-refractivity contribution in [3.63, 3.8) is 0 Å². The molecule has 0 fully saturated rings. The van der Waals surface area contributed by atoms with E-state index >= 15 is 0 Å². The Morgan fingerprint density at radius 2 is 1.85 bits per heavy atom. The van der Waals surface area contributed by atoms with Crippen LogP contribution in [0.15, 0.2) is 23.1 Å². The second-order valence-electron chi connectivity index (χ2n) is 5.78. The van der Waals surface area contributed by atoms with Gasteiger partial charge >= 0.3 is 0 Å². The van der Waals surface area contributed by atoms with Gasteiger partial charge in [0, 0.05) is 11.6 Å². The molecular weight excluding hydrogens is 283 g/mol. The van der Waals surface area contributed by atoms with Crippen molar-refractivity contribution in [1.82, 2.24) is 5.32 Å². The number of carbonyl (C=O) groups excluding carboxylic acids is 1. The number of hydrogen-bond acceptors (Lipinski definition) is 3. The quantitative estimate of drug-likeness (QED) is 0.889. The highest BCUT2D eigenvalue weighted by Gasteiger charge is 2.23. The molecule has 0 bridgehead atoms. The summed E-state index contributed by atoms with van der Waals surface area (Å²) in [4.78, 5) is 11.6. The molecule has 0 radical (unpaired) electrons. The van der Waals surface area contributed by atoms with E-state index in [0.717, 1.165) is 18.2 Å². The standard InChI is InChI=1S/C13H19FN2O3S/c1-8(13(2,3)4)16-12(17)9-5-10(14)7-11(6-9)20(15,18)19/h5-8H,1-4H3,(H,16,17)(H2,15,18,19). The van der Waals surface area contributed by atoms with Gasteiger partial charge in [0.2, 0.25) is 10.0 Å². The predicted octanol–water partition coefficient (Wildman–Crippen LogP) is 1.64. The Morgan fingerprint density at radius 1 is 1.30 bits per heavy atom. The van der Waals surface area contributed by atoms with E-state index in [9.17, 15) is 17.6 Å². The molecule has 0 saturated carbocycles. The Labute approximate surface area is 118 Å². The van der Waals surface area contributed by atoms with Gasteiger partial charge in [-0.15, -0.1) is 0 Å². The molecular formula is C13H19FN2O3S. The van der Waals surface area contributed by atoms with Crippen LogP contribution in [0.1, 0.15) is 38.1 Å². The lowest BCUT2D eigenvalue weighted by Crippen LogP contribution is -2.41. The third kappa shape index (κ3) is 4.28. The molecule has 3 N–H and O–H groups in total. The third-order valence-corrected chi connectivity index (χ3v) is 4.00. The van der Waals surface area contributed by atoms with E-state index in [1.54, 1.807) is 0 Å². The van der Waals surface area contributed by atoms with E-state index in [0.29, 0.717) is 0 Å². The number of rotatable bonds is 3. The predicted molar refractivity (Wildman–Crippen MR) is 74.2 cm³/mol. The summed E-state index contributed by atoms with van der Waals surface area (Å²) in [5, 5.41) is 7.64. The summed E-state index contributed by atoms with van der Waals surface area (Å²) >= 11 is 0. The van der Waals surface area contributed by atoms with E-state index in [1.807, 2.05) is 27.7 Å². The van der Waals surface area contributed by atoms with Crippen LogP contribution in [-0.2, 0) is 10.0 Å². The minimum Gasteiger partial charge on any atom is -0.349 e. The normalized spacial score (nSPS) is 13.9. The second kappa shape index (κ2) is 5.49. The average molecular weight is 302 g/mol. The maximum Gasteiger partial charge on any atom is 0.251 e. The molecule has 0 aliphatic rings. The van der Waals surface area contributed by atoms with Gasteiger partial charge in [0.1, 0.15) is 5.82 Å². The van der Waals surface area contributed by atoms with E-state index in [-0.39, 0.29) is 17.0 Å². The molecule has 0 saturated heterocycles. The molecule has 0 heterocycles. The van der Waals surface area contributed by atoms with Crippen LogP contribution in [0.25, 0.3) is 0 Å². The lowest BCUT2D eigenvalue weighted by Gasteiger charge is -2.28. The molecule has 1 aromatic carbocycles. The van der Waals surface area contributed by atoms with Crippen LogP contribution in [0.4, 0.5) is 4.39 Å². The molecule has 0 aromatic heterocycles. The molecule has 112 valence electrons. The van der Waals surface area contributed by atoms with E-state index < -0.39 is 26.6 Å². The van der Waals surface area contributed by atoms with Gasteiger partial charge in [-0.1, -0.05) is 20.8 Å². The number of hydrogen-bond donors (Lipinski definition) is 2. The maximum absolute atomic E-state index is 13.4.